The summed E-state index contributed by atoms with van der Waals surface area (Å²) in [6.07, 6.45) is 1.72. The van der Waals surface area contributed by atoms with E-state index in [0.29, 0.717) is 11.8 Å². The van der Waals surface area contributed by atoms with Gasteiger partial charge in [-0.15, -0.1) is 0 Å². The lowest BCUT2D eigenvalue weighted by Crippen LogP contribution is -2.01. The summed E-state index contributed by atoms with van der Waals surface area (Å²) in [6.45, 7) is 8.44. The Kier molecular flexibility index (Phi) is 3.56. The third kappa shape index (κ3) is 2.13. The Morgan fingerprint density at radius 2 is 1.95 bits per heavy atom. The second-order valence-electron chi connectivity index (χ2n) is 5.76. The van der Waals surface area contributed by atoms with Gasteiger partial charge in [0, 0.05) is 6.20 Å². The number of aryl methyl sites for hydroxylation is 1. The topological polar surface area (TPSA) is 63.7 Å². The second kappa shape index (κ2) is 5.40. The first kappa shape index (κ1) is 14.5. The van der Waals surface area contributed by atoms with Gasteiger partial charge in [-0.1, -0.05) is 13.8 Å². The zero-order valence-corrected chi connectivity index (χ0v) is 13.6. The van der Waals surface area contributed by atoms with Crippen LogP contribution < -0.4 is 4.74 Å². The summed E-state index contributed by atoms with van der Waals surface area (Å²) in [7, 11) is 1.63. The standard InChI is InChI=1S/C17H20N4O/c1-9(2)13-10(3)14(12-7-6-8-18-17(12)22-5)19-15-11(4)20-21-16(13)15/h6-9H,1-5H3,(H,20,21). The summed E-state index contributed by atoms with van der Waals surface area (Å²) in [4.78, 5) is 9.14. The SMILES string of the molecule is COc1ncccc1-c1nc2c(C)[nH]nc2c(C(C)C)c1C. The molecule has 3 heterocycles. The Bertz CT molecular complexity index is 836. The van der Waals surface area contributed by atoms with E-state index in [1.54, 1.807) is 13.3 Å². The van der Waals surface area contributed by atoms with Gasteiger partial charge in [-0.3, -0.25) is 5.10 Å². The summed E-state index contributed by atoms with van der Waals surface area (Å²) in [5.41, 5.74) is 7.00. The van der Waals surface area contributed by atoms with Crippen LogP contribution in [0.15, 0.2) is 18.3 Å². The van der Waals surface area contributed by atoms with Crippen LogP contribution in [0, 0.1) is 13.8 Å². The Balaban J connectivity index is 2.39. The van der Waals surface area contributed by atoms with Crippen LogP contribution in [0.4, 0.5) is 0 Å². The number of aromatic amines is 1. The molecule has 0 spiro atoms. The maximum absolute atomic E-state index is 5.40. The Hall–Kier alpha value is -2.43. The van der Waals surface area contributed by atoms with Crippen molar-refractivity contribution in [3.8, 4) is 17.1 Å². The molecule has 3 aromatic heterocycles. The number of aromatic nitrogens is 4. The molecule has 114 valence electrons. The average molecular weight is 296 g/mol. The number of H-pyrrole nitrogens is 1. The summed E-state index contributed by atoms with van der Waals surface area (Å²) in [5.74, 6) is 0.947. The molecule has 0 aromatic carbocycles. The highest BCUT2D eigenvalue weighted by atomic mass is 16.5. The van der Waals surface area contributed by atoms with Crippen LogP contribution in [0.5, 0.6) is 5.88 Å². The van der Waals surface area contributed by atoms with Crippen molar-refractivity contribution in [3.05, 3.63) is 35.2 Å². The van der Waals surface area contributed by atoms with Gasteiger partial charge in [0.05, 0.1) is 24.1 Å². The lowest BCUT2D eigenvalue weighted by Gasteiger charge is -2.15. The molecule has 0 saturated carbocycles. The van der Waals surface area contributed by atoms with E-state index in [1.165, 1.54) is 5.56 Å². The number of methoxy groups -OCH3 is 1. The van der Waals surface area contributed by atoms with Crippen molar-refractivity contribution in [2.75, 3.05) is 7.11 Å². The minimum absolute atomic E-state index is 0.356. The maximum atomic E-state index is 5.40. The fraction of sp³-hybridized carbons (Fsp3) is 0.353. The summed E-state index contributed by atoms with van der Waals surface area (Å²) in [6, 6.07) is 3.90. The van der Waals surface area contributed by atoms with Crippen LogP contribution in [-0.4, -0.2) is 27.3 Å². The smallest absolute Gasteiger partial charge is 0.222 e. The van der Waals surface area contributed by atoms with E-state index in [2.05, 4.69) is 36.0 Å². The van der Waals surface area contributed by atoms with Crippen LogP contribution in [0.2, 0.25) is 0 Å². The molecule has 22 heavy (non-hydrogen) atoms. The molecule has 5 heteroatoms. The van der Waals surface area contributed by atoms with Crippen LogP contribution >= 0.6 is 0 Å². The van der Waals surface area contributed by atoms with Gasteiger partial charge < -0.3 is 4.74 Å². The van der Waals surface area contributed by atoms with Crippen molar-refractivity contribution in [1.82, 2.24) is 20.2 Å². The summed E-state index contributed by atoms with van der Waals surface area (Å²) in [5, 5.41) is 7.49. The zero-order valence-electron chi connectivity index (χ0n) is 13.6. The second-order valence-corrected chi connectivity index (χ2v) is 5.76. The normalized spacial score (nSPS) is 11.4. The number of nitrogens with zero attached hydrogens (tertiary/aromatic N) is 3. The van der Waals surface area contributed by atoms with Gasteiger partial charge in [-0.2, -0.15) is 5.10 Å². The van der Waals surface area contributed by atoms with Gasteiger partial charge in [0.15, 0.2) is 0 Å². The van der Waals surface area contributed by atoms with Crippen molar-refractivity contribution in [2.45, 2.75) is 33.6 Å². The fourth-order valence-corrected chi connectivity index (χ4v) is 2.95. The first-order valence-electron chi connectivity index (χ1n) is 7.39. The molecule has 5 nitrogen and oxygen atoms in total. The average Bonchev–Trinajstić information content (AvgIpc) is 2.87. The molecule has 0 unspecified atom stereocenters. The largest absolute Gasteiger partial charge is 0.481 e. The van der Waals surface area contributed by atoms with E-state index in [9.17, 15) is 0 Å². The van der Waals surface area contributed by atoms with Crippen molar-refractivity contribution in [2.24, 2.45) is 0 Å². The zero-order chi connectivity index (χ0) is 15.9. The first-order valence-corrected chi connectivity index (χ1v) is 7.39. The molecule has 3 aromatic rings. The van der Waals surface area contributed by atoms with Crippen molar-refractivity contribution in [1.29, 1.82) is 0 Å². The lowest BCUT2D eigenvalue weighted by molar-refractivity contribution is 0.399. The highest BCUT2D eigenvalue weighted by Crippen LogP contribution is 2.36. The number of hydrogen-bond acceptors (Lipinski definition) is 4. The first-order chi connectivity index (χ1) is 10.5. The number of hydrogen-bond donors (Lipinski definition) is 1. The Morgan fingerprint density at radius 1 is 1.18 bits per heavy atom. The van der Waals surface area contributed by atoms with Crippen molar-refractivity contribution in [3.63, 3.8) is 0 Å². The predicted molar refractivity (Wildman–Crippen MR) is 87.2 cm³/mol. The number of rotatable bonds is 3. The van der Waals surface area contributed by atoms with Crippen LogP contribution in [0.25, 0.3) is 22.3 Å². The molecule has 0 bridgehead atoms. The van der Waals surface area contributed by atoms with E-state index in [4.69, 9.17) is 9.72 Å². The van der Waals surface area contributed by atoms with Crippen LogP contribution in [-0.2, 0) is 0 Å². The molecule has 0 aliphatic rings. The van der Waals surface area contributed by atoms with Crippen LogP contribution in [0.1, 0.15) is 36.6 Å². The maximum Gasteiger partial charge on any atom is 0.222 e. The molecule has 1 N–H and O–H groups in total. The van der Waals surface area contributed by atoms with Gasteiger partial charge >= 0.3 is 0 Å². The highest BCUT2D eigenvalue weighted by molar-refractivity contribution is 5.86. The van der Waals surface area contributed by atoms with Gasteiger partial charge in [0.2, 0.25) is 5.88 Å². The molecular weight excluding hydrogens is 276 g/mol. The highest BCUT2D eigenvalue weighted by Gasteiger charge is 2.20. The summed E-state index contributed by atoms with van der Waals surface area (Å²) < 4.78 is 5.40. The molecule has 0 radical (unpaired) electrons. The fourth-order valence-electron chi connectivity index (χ4n) is 2.95. The van der Waals surface area contributed by atoms with E-state index < -0.39 is 0 Å². The van der Waals surface area contributed by atoms with E-state index in [0.717, 1.165) is 33.5 Å². The molecule has 0 amide bonds. The molecular formula is C17H20N4O. The lowest BCUT2D eigenvalue weighted by atomic mass is 9.93. The molecule has 0 aliphatic carbocycles. The van der Waals surface area contributed by atoms with E-state index in [1.807, 2.05) is 19.1 Å². The van der Waals surface area contributed by atoms with Gasteiger partial charge in [0.1, 0.15) is 11.0 Å². The van der Waals surface area contributed by atoms with Crippen molar-refractivity contribution < 1.29 is 4.74 Å². The van der Waals surface area contributed by atoms with Gasteiger partial charge in [-0.05, 0) is 43.0 Å². The van der Waals surface area contributed by atoms with Crippen molar-refractivity contribution >= 4 is 11.0 Å². The quantitative estimate of drug-likeness (QED) is 0.799. The predicted octanol–water partition coefficient (Wildman–Crippen LogP) is 3.77. The Morgan fingerprint density at radius 3 is 2.64 bits per heavy atom. The summed E-state index contributed by atoms with van der Waals surface area (Å²) >= 11 is 0. The number of ether oxygens (including phenoxy) is 1. The molecule has 0 fully saturated rings. The third-order valence-corrected chi connectivity index (χ3v) is 3.95. The van der Waals surface area contributed by atoms with Gasteiger partial charge in [-0.25, -0.2) is 9.97 Å². The monoisotopic (exact) mass is 296 g/mol. The van der Waals surface area contributed by atoms with Gasteiger partial charge in [0.25, 0.3) is 0 Å². The molecule has 0 aliphatic heterocycles. The van der Waals surface area contributed by atoms with E-state index >= 15 is 0 Å². The number of fused-ring (bicyclic) bond motifs is 1. The molecule has 0 saturated heterocycles. The minimum Gasteiger partial charge on any atom is -0.481 e. The molecule has 3 rings (SSSR count). The number of nitrogens with one attached hydrogen (secondary N) is 1. The molecule has 0 atom stereocenters. The van der Waals surface area contributed by atoms with Crippen LogP contribution in [0.3, 0.4) is 0 Å². The van der Waals surface area contributed by atoms with E-state index in [-0.39, 0.29) is 0 Å². The third-order valence-electron chi connectivity index (χ3n) is 3.95. The minimum atomic E-state index is 0.356. The number of pyridine rings is 2. The Labute approximate surface area is 129 Å².